The number of nitrogens with one attached hydrogen (secondary N) is 7. The summed E-state index contributed by atoms with van der Waals surface area (Å²) in [6, 6.07) is 27.7. The molecule has 2 heterocycles. The summed E-state index contributed by atoms with van der Waals surface area (Å²) in [5.74, 6) is 12.8. The highest BCUT2D eigenvalue weighted by Gasteiger charge is 2.20. The number of nitrogens with zero attached hydrogens (tertiary/aromatic N) is 2. The van der Waals surface area contributed by atoms with Crippen molar-refractivity contribution in [3.8, 4) is 0 Å². The Morgan fingerprint density at radius 3 is 1.70 bits per heavy atom. The second-order valence-corrected chi connectivity index (χ2v) is 11.2. The monoisotopic (exact) mass is 675 g/mol. The summed E-state index contributed by atoms with van der Waals surface area (Å²) in [5, 5.41) is 18.6. The standard InChI is InChI=1S/C18H22N6O.C18H16N4O.H4N2/c1-12-3-2-4-13(9-12)24-18-15-6-5-14(10-16(15)20-11-21-18)23-17(25)7-8-22-19;1-3-17(23)21-14-7-8-15-16(10-14)19-11-20-18(15)22-13-6-4-5-12(2)9-13;1-2/h2-6,9-11,18,22,24H,7-8,19H2,1H3,(H,20,21)(H,23,25);1,3-11,18,22H,2H3,(H-,19,20,21,23);1-2H2/p+1. The lowest BCUT2D eigenvalue weighted by molar-refractivity contribution is -0.116. The molecule has 2 unspecified atom stereocenters. The average molecular weight is 676 g/mol. The number of benzene rings is 4. The van der Waals surface area contributed by atoms with Gasteiger partial charge in [0.2, 0.25) is 12.0 Å². The van der Waals surface area contributed by atoms with Gasteiger partial charge in [-0.2, -0.15) is 0 Å². The fourth-order valence-electron chi connectivity index (χ4n) is 5.13. The Balaban J connectivity index is 0.000000215. The minimum absolute atomic E-state index is 0.0863. The summed E-state index contributed by atoms with van der Waals surface area (Å²) < 4.78 is 0. The number of carbonyl (C=O) groups is 2. The number of fused-ring (bicyclic) bond motifs is 2. The molecule has 0 saturated carbocycles. The molecule has 0 bridgehead atoms. The third-order valence-electron chi connectivity index (χ3n) is 7.43. The van der Waals surface area contributed by atoms with Gasteiger partial charge in [0.1, 0.15) is 12.3 Å². The maximum absolute atomic E-state index is 11.8. The van der Waals surface area contributed by atoms with Crippen LogP contribution in [-0.4, -0.2) is 31.0 Å². The van der Waals surface area contributed by atoms with E-state index in [1.165, 1.54) is 11.1 Å². The van der Waals surface area contributed by atoms with Crippen molar-refractivity contribution in [1.82, 2.24) is 5.43 Å². The van der Waals surface area contributed by atoms with Gasteiger partial charge in [-0.15, -0.1) is 4.79 Å². The molecule has 2 atom stereocenters. The minimum atomic E-state index is -0.344. The quantitative estimate of drug-likeness (QED) is 0.0485. The van der Waals surface area contributed by atoms with Gasteiger partial charge >= 0.3 is 5.91 Å². The van der Waals surface area contributed by atoms with E-state index in [0.29, 0.717) is 18.7 Å². The van der Waals surface area contributed by atoms with Crippen LogP contribution in [0.15, 0.2) is 101 Å². The van der Waals surface area contributed by atoms with Crippen molar-refractivity contribution in [1.29, 1.82) is 0 Å². The second kappa shape index (κ2) is 18.4. The highest BCUT2D eigenvalue weighted by Crippen LogP contribution is 2.33. The van der Waals surface area contributed by atoms with Gasteiger partial charge in [0.25, 0.3) is 0 Å². The van der Waals surface area contributed by atoms with Crippen LogP contribution in [0.1, 0.15) is 41.0 Å². The fourth-order valence-corrected chi connectivity index (χ4v) is 5.13. The number of aliphatic imine (C=N–C) groups is 2. The van der Waals surface area contributed by atoms with Crippen LogP contribution in [0.3, 0.4) is 0 Å². The molecule has 4 aromatic carbocycles. The highest BCUT2D eigenvalue weighted by molar-refractivity contribution is 5.99. The first-order valence-corrected chi connectivity index (χ1v) is 15.7. The fraction of sp³-hybridized carbons (Fsp3) is 0.167. The molecule has 14 nitrogen and oxygen atoms in total. The van der Waals surface area contributed by atoms with Gasteiger partial charge in [-0.05, 0) is 73.5 Å². The molecule has 6 rings (SSSR count). The summed E-state index contributed by atoms with van der Waals surface area (Å²) in [6.07, 6.45) is 4.27. The van der Waals surface area contributed by atoms with Gasteiger partial charge in [0, 0.05) is 52.5 Å². The Hall–Kier alpha value is -6.15. The predicted molar refractivity (Wildman–Crippen MR) is 204 cm³/mol. The predicted octanol–water partition coefficient (Wildman–Crippen LogP) is 4.66. The van der Waals surface area contributed by atoms with Crippen LogP contribution in [0.2, 0.25) is 0 Å². The maximum Gasteiger partial charge on any atom is 0.399 e. The van der Waals surface area contributed by atoms with E-state index in [1.54, 1.807) is 12.7 Å². The van der Waals surface area contributed by atoms with Crippen molar-refractivity contribution < 1.29 is 9.59 Å². The van der Waals surface area contributed by atoms with Gasteiger partial charge in [-0.25, -0.2) is 15.3 Å². The Bertz CT molecular complexity index is 1840. The van der Waals surface area contributed by atoms with E-state index in [2.05, 4.69) is 84.1 Å². The molecule has 258 valence electrons. The molecular formula is C36H43N12O2+. The Morgan fingerprint density at radius 1 is 0.740 bits per heavy atom. The molecule has 50 heavy (non-hydrogen) atoms. The maximum atomic E-state index is 11.8. The number of hydrazine groups is 2. The number of anilines is 6. The molecule has 2 amide bonds. The largest absolute Gasteiger partial charge is 0.399 e. The molecule has 0 spiro atoms. The first-order chi connectivity index (χ1) is 24.3. The zero-order valence-corrected chi connectivity index (χ0v) is 27.9. The van der Waals surface area contributed by atoms with Crippen molar-refractivity contribution in [2.45, 2.75) is 32.6 Å². The van der Waals surface area contributed by atoms with E-state index in [0.717, 1.165) is 45.6 Å². The zero-order valence-electron chi connectivity index (χ0n) is 27.9. The van der Waals surface area contributed by atoms with E-state index in [9.17, 15) is 9.59 Å². The minimum Gasteiger partial charge on any atom is -0.360 e. The Labute approximate surface area is 291 Å². The molecule has 4 aromatic rings. The van der Waals surface area contributed by atoms with Crippen molar-refractivity contribution in [3.63, 3.8) is 0 Å². The molecule has 14 heteroatoms. The lowest BCUT2D eigenvalue weighted by atomic mass is 10.1. The number of hydrogen-bond donors (Lipinski definition) is 10. The zero-order chi connectivity index (χ0) is 35.9. The van der Waals surface area contributed by atoms with Gasteiger partial charge in [0.15, 0.2) is 0 Å². The summed E-state index contributed by atoms with van der Waals surface area (Å²) in [4.78, 5) is 32.1. The molecule has 0 saturated heterocycles. The number of rotatable bonds is 10. The van der Waals surface area contributed by atoms with Crippen LogP contribution in [-0.2, 0) is 9.59 Å². The van der Waals surface area contributed by atoms with Crippen molar-refractivity contribution in [2.75, 3.05) is 38.4 Å². The first kappa shape index (κ1) is 36.7. The smallest absolute Gasteiger partial charge is 0.360 e. The number of carbonyl (C=O) groups excluding carboxylic acids is 2. The molecule has 0 aliphatic carbocycles. The third-order valence-corrected chi connectivity index (χ3v) is 7.43. The third kappa shape index (κ3) is 10.4. The molecule has 13 N–H and O–H groups in total. The first-order valence-electron chi connectivity index (χ1n) is 15.7. The summed E-state index contributed by atoms with van der Waals surface area (Å²) in [5.41, 5.74) is 12.1. The SMILES string of the molecule is Cc1cccc(NC2N=CNc3cc(NC(=O)CCNN)ccc32)c1.NN.[CH+]=CC(=O)Nc1ccc2c(c1)NC=NC2Nc1cccc(C)c1. The van der Waals surface area contributed by atoms with Gasteiger partial charge in [0.05, 0.1) is 24.9 Å². The molecular weight excluding hydrogens is 632 g/mol. The summed E-state index contributed by atoms with van der Waals surface area (Å²) in [6.45, 7) is 9.73. The van der Waals surface area contributed by atoms with Crippen molar-refractivity contribution in [3.05, 3.63) is 120 Å². The highest BCUT2D eigenvalue weighted by atomic mass is 16.2. The second-order valence-electron chi connectivity index (χ2n) is 11.2. The molecule has 2 aliphatic heterocycles. The summed E-state index contributed by atoms with van der Waals surface area (Å²) in [7, 11) is 0. The number of amides is 2. The van der Waals surface area contributed by atoms with Gasteiger partial charge < -0.3 is 26.6 Å². The van der Waals surface area contributed by atoms with E-state index < -0.39 is 0 Å². The average Bonchev–Trinajstić information content (AvgIpc) is 3.12. The van der Waals surface area contributed by atoms with E-state index >= 15 is 0 Å². The van der Waals surface area contributed by atoms with Crippen LogP contribution < -0.4 is 54.9 Å². The van der Waals surface area contributed by atoms with Crippen LogP contribution >= 0.6 is 0 Å². The van der Waals surface area contributed by atoms with Crippen LogP contribution in [0.4, 0.5) is 34.1 Å². The Kier molecular flexibility index (Phi) is 13.5. The van der Waals surface area contributed by atoms with Gasteiger partial charge in [-0.3, -0.25) is 27.7 Å². The lowest BCUT2D eigenvalue weighted by Crippen LogP contribution is -2.27. The van der Waals surface area contributed by atoms with Gasteiger partial charge in [-0.1, -0.05) is 36.4 Å². The van der Waals surface area contributed by atoms with Crippen LogP contribution in [0.5, 0.6) is 0 Å². The van der Waals surface area contributed by atoms with Crippen molar-refractivity contribution >= 4 is 58.6 Å². The van der Waals surface area contributed by atoms with Crippen LogP contribution in [0, 0.1) is 20.4 Å². The van der Waals surface area contributed by atoms with E-state index in [4.69, 9.17) is 12.4 Å². The van der Waals surface area contributed by atoms with E-state index in [-0.39, 0.29) is 24.1 Å². The molecule has 0 radical (unpaired) electrons. The number of aryl methyl sites for hydroxylation is 2. The van der Waals surface area contributed by atoms with E-state index in [1.807, 2.05) is 73.7 Å². The van der Waals surface area contributed by atoms with Crippen molar-refractivity contribution in [2.24, 2.45) is 27.5 Å². The molecule has 0 aromatic heterocycles. The topological polar surface area (TPSA) is 221 Å². The van der Waals surface area contributed by atoms with Crippen LogP contribution in [0.25, 0.3) is 0 Å². The lowest BCUT2D eigenvalue weighted by Gasteiger charge is -2.23. The Morgan fingerprint density at radius 2 is 1.24 bits per heavy atom. The molecule has 0 fully saturated rings. The molecule has 2 aliphatic rings. The summed E-state index contributed by atoms with van der Waals surface area (Å²) >= 11 is 0. The normalized spacial score (nSPS) is 14.7. The number of nitrogens with two attached hydrogens (primary N) is 3. The number of hydrogen-bond acceptors (Lipinski definition) is 12.